The minimum Gasteiger partial charge on any atom is -0.493 e. The molecule has 0 radical (unpaired) electrons. The van der Waals surface area contributed by atoms with E-state index in [1.807, 2.05) is 0 Å². The molecule has 0 bridgehead atoms. The summed E-state index contributed by atoms with van der Waals surface area (Å²) >= 11 is 9.28. The van der Waals surface area contributed by atoms with Gasteiger partial charge in [-0.25, -0.2) is 10.2 Å². The average molecular weight is 518 g/mol. The van der Waals surface area contributed by atoms with Gasteiger partial charge in [-0.3, -0.25) is 4.79 Å². The van der Waals surface area contributed by atoms with Crippen molar-refractivity contribution in [2.45, 2.75) is 6.61 Å². The second-order valence-electron chi connectivity index (χ2n) is 6.53. The molecule has 2 N–H and O–H groups in total. The molecule has 1 amide bonds. The third-order valence-corrected chi connectivity index (χ3v) is 5.14. The van der Waals surface area contributed by atoms with Gasteiger partial charge in [-0.1, -0.05) is 23.7 Å². The van der Waals surface area contributed by atoms with Crippen LogP contribution in [-0.2, 0) is 6.61 Å². The Labute approximate surface area is 197 Å². The number of hydrogen-bond donors (Lipinski definition) is 2. The molecule has 0 fully saturated rings. The van der Waals surface area contributed by atoms with Crippen molar-refractivity contribution >= 4 is 45.6 Å². The number of ether oxygens (including phenoxy) is 2. The summed E-state index contributed by atoms with van der Waals surface area (Å²) in [4.78, 5) is 23.2. The van der Waals surface area contributed by atoms with Gasteiger partial charge in [0, 0.05) is 10.6 Å². The minimum atomic E-state index is -1.00. The number of carboxylic acid groups (broad SMARTS) is 1. The molecular formula is C23H18BrClN2O5. The first-order chi connectivity index (χ1) is 15.4. The largest absolute Gasteiger partial charge is 0.493 e. The number of amides is 1. The van der Waals surface area contributed by atoms with Gasteiger partial charge in [0.1, 0.15) is 6.61 Å². The lowest BCUT2D eigenvalue weighted by Crippen LogP contribution is -2.17. The summed E-state index contributed by atoms with van der Waals surface area (Å²) in [5, 5.41) is 13.6. The Hall–Kier alpha value is -3.36. The molecule has 3 aromatic carbocycles. The van der Waals surface area contributed by atoms with Crippen LogP contribution in [0.1, 0.15) is 31.8 Å². The summed E-state index contributed by atoms with van der Waals surface area (Å²) in [7, 11) is 1.50. The predicted molar refractivity (Wildman–Crippen MR) is 125 cm³/mol. The molecule has 0 saturated carbocycles. The SMILES string of the molecule is COc1cc(/C=N\NC(=O)c2ccc(Cl)cc2)cc(Br)c1OCc1cccc(C(=O)O)c1. The third-order valence-electron chi connectivity index (χ3n) is 4.30. The molecule has 0 aliphatic rings. The number of nitrogens with one attached hydrogen (secondary N) is 1. The number of nitrogens with zero attached hydrogens (tertiary/aromatic N) is 1. The highest BCUT2D eigenvalue weighted by atomic mass is 79.9. The predicted octanol–water partition coefficient (Wildman–Crippen LogP) is 5.15. The molecule has 32 heavy (non-hydrogen) atoms. The molecular weight excluding hydrogens is 500 g/mol. The van der Waals surface area contributed by atoms with Crippen LogP contribution in [0.4, 0.5) is 0 Å². The Kier molecular flexibility index (Phi) is 7.86. The molecule has 0 atom stereocenters. The molecule has 0 aromatic heterocycles. The molecule has 0 heterocycles. The Bertz CT molecular complexity index is 1170. The summed E-state index contributed by atoms with van der Waals surface area (Å²) in [5.74, 6) is -0.472. The monoisotopic (exact) mass is 516 g/mol. The van der Waals surface area contributed by atoms with E-state index in [0.717, 1.165) is 0 Å². The first kappa shape index (κ1) is 23.3. The highest BCUT2D eigenvalue weighted by molar-refractivity contribution is 9.10. The van der Waals surface area contributed by atoms with E-state index in [4.69, 9.17) is 26.2 Å². The molecule has 0 spiro atoms. The summed E-state index contributed by atoms with van der Waals surface area (Å²) in [6, 6.07) is 16.4. The van der Waals surface area contributed by atoms with Gasteiger partial charge in [-0.15, -0.1) is 0 Å². The van der Waals surface area contributed by atoms with Crippen LogP contribution in [0.25, 0.3) is 0 Å². The summed E-state index contributed by atoms with van der Waals surface area (Å²) in [6.07, 6.45) is 1.47. The van der Waals surface area contributed by atoms with Crippen molar-refractivity contribution in [1.82, 2.24) is 5.43 Å². The van der Waals surface area contributed by atoms with E-state index in [1.54, 1.807) is 54.6 Å². The normalized spacial score (nSPS) is 10.7. The molecule has 9 heteroatoms. The molecule has 7 nitrogen and oxygen atoms in total. The molecule has 0 aliphatic carbocycles. The zero-order chi connectivity index (χ0) is 23.1. The highest BCUT2D eigenvalue weighted by Gasteiger charge is 2.12. The van der Waals surface area contributed by atoms with Gasteiger partial charge in [0.25, 0.3) is 5.91 Å². The number of rotatable bonds is 8. The van der Waals surface area contributed by atoms with Crippen LogP contribution in [0.2, 0.25) is 5.02 Å². The second-order valence-corrected chi connectivity index (χ2v) is 7.83. The number of benzene rings is 3. The fourth-order valence-corrected chi connectivity index (χ4v) is 3.44. The van der Waals surface area contributed by atoms with Gasteiger partial charge in [0.05, 0.1) is 23.4 Å². The topological polar surface area (TPSA) is 97.2 Å². The lowest BCUT2D eigenvalue weighted by Gasteiger charge is -2.14. The molecule has 3 aromatic rings. The van der Waals surface area contributed by atoms with Crippen LogP contribution in [0.3, 0.4) is 0 Å². The van der Waals surface area contributed by atoms with E-state index in [9.17, 15) is 9.59 Å². The van der Waals surface area contributed by atoms with Crippen LogP contribution in [0.15, 0.2) is 70.2 Å². The number of carbonyl (C=O) groups is 2. The Morgan fingerprint density at radius 1 is 1.12 bits per heavy atom. The van der Waals surface area contributed by atoms with Gasteiger partial charge in [-0.05, 0) is 75.6 Å². The van der Waals surface area contributed by atoms with E-state index in [2.05, 4.69) is 26.5 Å². The van der Waals surface area contributed by atoms with Crippen molar-refractivity contribution in [2.75, 3.05) is 7.11 Å². The average Bonchev–Trinajstić information content (AvgIpc) is 2.78. The van der Waals surface area contributed by atoms with E-state index in [1.165, 1.54) is 19.4 Å². The fourth-order valence-electron chi connectivity index (χ4n) is 2.74. The number of methoxy groups -OCH3 is 1. The van der Waals surface area contributed by atoms with Gasteiger partial charge in [0.15, 0.2) is 11.5 Å². The Balaban J connectivity index is 1.69. The molecule has 0 aliphatic heterocycles. The van der Waals surface area contributed by atoms with Crippen molar-refractivity contribution < 1.29 is 24.2 Å². The lowest BCUT2D eigenvalue weighted by atomic mass is 10.1. The van der Waals surface area contributed by atoms with Gasteiger partial charge in [0.2, 0.25) is 0 Å². The maximum Gasteiger partial charge on any atom is 0.335 e. The van der Waals surface area contributed by atoms with Crippen molar-refractivity contribution in [2.24, 2.45) is 5.10 Å². The number of halogens is 2. The van der Waals surface area contributed by atoms with Crippen LogP contribution in [0.5, 0.6) is 11.5 Å². The van der Waals surface area contributed by atoms with Crippen LogP contribution in [-0.4, -0.2) is 30.3 Å². The van der Waals surface area contributed by atoms with Gasteiger partial charge in [-0.2, -0.15) is 5.10 Å². The van der Waals surface area contributed by atoms with Gasteiger partial charge < -0.3 is 14.6 Å². The number of hydrogen-bond acceptors (Lipinski definition) is 5. The second kappa shape index (κ2) is 10.8. The first-order valence-corrected chi connectivity index (χ1v) is 10.5. The molecule has 3 rings (SSSR count). The molecule has 0 unspecified atom stereocenters. The summed E-state index contributed by atoms with van der Waals surface area (Å²) < 4.78 is 11.9. The maximum atomic E-state index is 12.1. The summed E-state index contributed by atoms with van der Waals surface area (Å²) in [6.45, 7) is 0.153. The van der Waals surface area contributed by atoms with Crippen LogP contribution in [0, 0.1) is 0 Å². The number of aromatic carboxylic acids is 1. The van der Waals surface area contributed by atoms with Crippen molar-refractivity contribution in [3.05, 3.63) is 92.4 Å². The standard InChI is InChI=1S/C23H18BrClN2O5/c1-31-20-11-15(12-26-27-22(28)16-5-7-18(25)8-6-16)10-19(24)21(20)32-13-14-3-2-4-17(9-14)23(29)30/h2-12H,13H2,1H3,(H,27,28)(H,29,30)/b26-12-. The van der Waals surface area contributed by atoms with E-state index < -0.39 is 5.97 Å². The zero-order valence-corrected chi connectivity index (χ0v) is 19.2. The van der Waals surface area contributed by atoms with Crippen LogP contribution >= 0.6 is 27.5 Å². The fraction of sp³-hybridized carbons (Fsp3) is 0.0870. The van der Waals surface area contributed by atoms with Crippen LogP contribution < -0.4 is 14.9 Å². The van der Waals surface area contributed by atoms with E-state index in [0.29, 0.717) is 37.7 Å². The van der Waals surface area contributed by atoms with Crippen molar-refractivity contribution in [3.8, 4) is 11.5 Å². The maximum absolute atomic E-state index is 12.1. The van der Waals surface area contributed by atoms with Gasteiger partial charge >= 0.3 is 5.97 Å². The minimum absolute atomic E-state index is 0.153. The lowest BCUT2D eigenvalue weighted by molar-refractivity contribution is 0.0696. The zero-order valence-electron chi connectivity index (χ0n) is 16.8. The van der Waals surface area contributed by atoms with E-state index >= 15 is 0 Å². The van der Waals surface area contributed by atoms with Crippen molar-refractivity contribution in [1.29, 1.82) is 0 Å². The molecule has 164 valence electrons. The quantitative estimate of drug-likeness (QED) is 0.318. The third kappa shape index (κ3) is 6.09. The number of carboxylic acids is 1. The van der Waals surface area contributed by atoms with Crippen molar-refractivity contribution in [3.63, 3.8) is 0 Å². The number of hydrazone groups is 1. The molecule has 0 saturated heterocycles. The first-order valence-electron chi connectivity index (χ1n) is 9.29. The summed E-state index contributed by atoms with van der Waals surface area (Å²) in [5.41, 5.74) is 4.43. The Morgan fingerprint density at radius 2 is 1.88 bits per heavy atom. The smallest absolute Gasteiger partial charge is 0.335 e. The van der Waals surface area contributed by atoms with E-state index in [-0.39, 0.29) is 18.1 Å². The number of carbonyl (C=O) groups excluding carboxylic acids is 1. The Morgan fingerprint density at radius 3 is 2.56 bits per heavy atom. The highest BCUT2D eigenvalue weighted by Crippen LogP contribution is 2.36.